The van der Waals surface area contributed by atoms with Crippen LogP contribution in [0.15, 0.2) is 0 Å². The molecule has 0 bridgehead atoms. The minimum atomic E-state index is -2.39. The maximum Gasteiger partial charge on any atom is 0.341 e. The molecule has 0 amide bonds. The van der Waals surface area contributed by atoms with E-state index in [0.717, 1.165) is 71.6 Å². The zero-order valence-corrected chi connectivity index (χ0v) is 28.4. The molecule has 0 saturated carbocycles. The highest BCUT2D eigenvalue weighted by molar-refractivity contribution is 7.64. The van der Waals surface area contributed by atoms with E-state index in [1.54, 1.807) is 7.11 Å². The maximum atomic E-state index is 5.90. The quantitative estimate of drug-likeness (QED) is 0.0400. The summed E-state index contributed by atoms with van der Waals surface area (Å²) in [5, 5.41) is 0. The van der Waals surface area contributed by atoms with Crippen molar-refractivity contribution in [2.24, 2.45) is 0 Å². The fourth-order valence-corrected chi connectivity index (χ4v) is 6.17. The Labute approximate surface area is 256 Å². The predicted octanol–water partition coefficient (Wildman–Crippen LogP) is 9.77. The summed E-state index contributed by atoms with van der Waals surface area (Å²) in [4.78, 5) is 0. The van der Waals surface area contributed by atoms with Crippen LogP contribution in [0.4, 0.5) is 0 Å². The van der Waals surface area contributed by atoms with Gasteiger partial charge in [-0.05, 0) is 38.1 Å². The van der Waals surface area contributed by atoms with Crippen LogP contribution in [0.3, 0.4) is 0 Å². The summed E-state index contributed by atoms with van der Waals surface area (Å²) in [5.41, 5.74) is 0. The topological polar surface area (TPSA) is 46.2 Å². The molecule has 5 nitrogen and oxygen atoms in total. The molecule has 0 radical (unpaired) electrons. The molecule has 0 spiro atoms. The highest BCUT2D eigenvalue weighted by atomic mass is 35.8. The molecule has 0 fully saturated rings. The van der Waals surface area contributed by atoms with Crippen molar-refractivity contribution < 1.29 is 23.7 Å². The second kappa shape index (κ2) is 33.4. The highest BCUT2D eigenvalue weighted by Crippen LogP contribution is 2.27. The van der Waals surface area contributed by atoms with Crippen LogP contribution in [-0.4, -0.2) is 72.6 Å². The van der Waals surface area contributed by atoms with Gasteiger partial charge in [-0.2, -0.15) is 0 Å². The van der Waals surface area contributed by atoms with Gasteiger partial charge in [-0.15, -0.1) is 33.2 Å². The Morgan fingerprint density at radius 1 is 0.333 bits per heavy atom. The number of halogens is 3. The second-order valence-corrected chi connectivity index (χ2v) is 19.8. The molecule has 0 saturated heterocycles. The number of hydrogen-bond acceptors (Lipinski definition) is 5. The Hall–Kier alpha value is 0.887. The molecule has 0 aliphatic carbocycles. The minimum absolute atomic E-state index is 0.665. The Balaban J connectivity index is 3.04. The third-order valence-corrected chi connectivity index (χ3v) is 9.28. The van der Waals surface area contributed by atoms with Gasteiger partial charge in [-0.1, -0.05) is 89.9 Å². The lowest BCUT2D eigenvalue weighted by atomic mass is 10.1. The Morgan fingerprint density at radius 3 is 0.949 bits per heavy atom. The fourth-order valence-electron chi connectivity index (χ4n) is 4.31. The molecular formula is C30H61Cl3O5Si. The molecule has 0 aliphatic heterocycles. The van der Waals surface area contributed by atoms with E-state index in [4.69, 9.17) is 56.9 Å². The molecule has 0 aromatic rings. The number of ether oxygens (including phenoxy) is 5. The second-order valence-electron chi connectivity index (χ2n) is 10.5. The zero-order chi connectivity index (χ0) is 28.5. The molecule has 0 unspecified atom stereocenters. The highest BCUT2D eigenvalue weighted by Gasteiger charge is 2.23. The van der Waals surface area contributed by atoms with Gasteiger partial charge in [0.15, 0.2) is 0 Å². The lowest BCUT2D eigenvalue weighted by molar-refractivity contribution is 0.0508. The lowest BCUT2D eigenvalue weighted by Gasteiger charge is -2.07. The van der Waals surface area contributed by atoms with E-state index < -0.39 is 6.00 Å². The van der Waals surface area contributed by atoms with E-state index in [2.05, 4.69) is 0 Å². The van der Waals surface area contributed by atoms with Crippen molar-refractivity contribution in [1.82, 2.24) is 0 Å². The number of unbranched alkanes of at least 4 members (excludes halogenated alkanes) is 15. The molecule has 9 heteroatoms. The number of methoxy groups -OCH3 is 1. The first kappa shape index (κ1) is 39.9. The SMILES string of the molecule is COCCOCCCOCCCCCCCCCCOCCCOCCCCCCCCCCC[Si](Cl)(Cl)Cl. The molecule has 0 rings (SSSR count). The molecular weight excluding hydrogens is 575 g/mol. The summed E-state index contributed by atoms with van der Waals surface area (Å²) in [5.74, 6) is 0. The third-order valence-electron chi connectivity index (χ3n) is 6.66. The Morgan fingerprint density at radius 2 is 0.615 bits per heavy atom. The lowest BCUT2D eigenvalue weighted by Crippen LogP contribution is -2.07. The normalized spacial score (nSPS) is 12.0. The first-order valence-corrected chi connectivity index (χ1v) is 21.2. The number of hydrogen-bond donors (Lipinski definition) is 0. The summed E-state index contributed by atoms with van der Waals surface area (Å²) in [6.07, 6.45) is 23.5. The predicted molar refractivity (Wildman–Crippen MR) is 171 cm³/mol. The maximum absolute atomic E-state index is 5.90. The van der Waals surface area contributed by atoms with E-state index in [1.807, 2.05) is 0 Å². The van der Waals surface area contributed by atoms with Crippen molar-refractivity contribution >= 4 is 39.2 Å². The Bertz CT molecular complexity index is 459. The van der Waals surface area contributed by atoms with E-state index in [9.17, 15) is 0 Å². The minimum Gasteiger partial charge on any atom is -0.382 e. The Kier molecular flexibility index (Phi) is 34.1. The molecule has 0 aliphatic rings. The van der Waals surface area contributed by atoms with E-state index >= 15 is 0 Å². The number of rotatable bonds is 34. The van der Waals surface area contributed by atoms with Crippen molar-refractivity contribution in [3.63, 3.8) is 0 Å². The zero-order valence-electron chi connectivity index (χ0n) is 25.2. The average molecular weight is 636 g/mol. The smallest absolute Gasteiger partial charge is 0.341 e. The van der Waals surface area contributed by atoms with E-state index in [0.29, 0.717) is 13.2 Å². The summed E-state index contributed by atoms with van der Waals surface area (Å²) in [6, 6.07) is -1.59. The van der Waals surface area contributed by atoms with Crippen LogP contribution in [0.2, 0.25) is 6.04 Å². The van der Waals surface area contributed by atoms with Gasteiger partial charge in [0.25, 0.3) is 0 Å². The molecule has 0 atom stereocenters. The molecule has 0 N–H and O–H groups in total. The van der Waals surface area contributed by atoms with Gasteiger partial charge in [0, 0.05) is 53.4 Å². The van der Waals surface area contributed by atoms with Crippen LogP contribution < -0.4 is 0 Å². The monoisotopic (exact) mass is 634 g/mol. The average Bonchev–Trinajstić information content (AvgIpc) is 2.90. The summed E-state index contributed by atoms with van der Waals surface area (Å²) < 4.78 is 27.5. The van der Waals surface area contributed by atoms with Gasteiger partial charge < -0.3 is 23.7 Å². The van der Waals surface area contributed by atoms with Crippen molar-refractivity contribution in [2.45, 2.75) is 128 Å². The summed E-state index contributed by atoms with van der Waals surface area (Å²) >= 11 is 17.7. The van der Waals surface area contributed by atoms with Gasteiger partial charge in [0.05, 0.1) is 13.2 Å². The van der Waals surface area contributed by atoms with Gasteiger partial charge in [0.1, 0.15) is 0 Å². The van der Waals surface area contributed by atoms with Crippen LogP contribution >= 0.6 is 33.2 Å². The third kappa shape index (κ3) is 38.9. The first-order valence-electron chi connectivity index (χ1n) is 15.9. The van der Waals surface area contributed by atoms with Crippen molar-refractivity contribution in [2.75, 3.05) is 66.6 Å². The van der Waals surface area contributed by atoms with Crippen LogP contribution in [-0.2, 0) is 23.7 Å². The van der Waals surface area contributed by atoms with Crippen molar-refractivity contribution in [3.05, 3.63) is 0 Å². The van der Waals surface area contributed by atoms with Gasteiger partial charge in [-0.25, -0.2) is 0 Å². The molecule has 0 aromatic carbocycles. The largest absolute Gasteiger partial charge is 0.382 e. The van der Waals surface area contributed by atoms with Crippen LogP contribution in [0.25, 0.3) is 0 Å². The molecule has 236 valence electrons. The first-order chi connectivity index (χ1) is 19.1. The van der Waals surface area contributed by atoms with Crippen LogP contribution in [0, 0.1) is 0 Å². The fraction of sp³-hybridized carbons (Fsp3) is 1.00. The van der Waals surface area contributed by atoms with E-state index in [-0.39, 0.29) is 0 Å². The molecule has 0 heterocycles. The van der Waals surface area contributed by atoms with Crippen LogP contribution in [0.5, 0.6) is 0 Å². The van der Waals surface area contributed by atoms with E-state index in [1.165, 1.54) is 103 Å². The summed E-state index contributed by atoms with van der Waals surface area (Å²) in [6.45, 7) is 7.21. The molecule has 0 aromatic heterocycles. The summed E-state index contributed by atoms with van der Waals surface area (Å²) in [7, 11) is 1.69. The van der Waals surface area contributed by atoms with Gasteiger partial charge >= 0.3 is 6.00 Å². The van der Waals surface area contributed by atoms with Gasteiger partial charge in [0.2, 0.25) is 0 Å². The van der Waals surface area contributed by atoms with Crippen molar-refractivity contribution in [3.8, 4) is 0 Å². The standard InChI is InChI=1S/C30H61Cl3O5Si/c1-34-28-29-38-27-20-26-37-23-17-13-9-5-4-8-12-16-22-36-25-19-24-35-21-15-11-7-3-2-6-10-14-18-30-39(31,32)33/h2-30H2,1H3. The van der Waals surface area contributed by atoms with Crippen LogP contribution in [0.1, 0.15) is 122 Å². The molecule has 39 heavy (non-hydrogen) atoms. The van der Waals surface area contributed by atoms with Gasteiger partial charge in [-0.3, -0.25) is 0 Å². The van der Waals surface area contributed by atoms with Crippen molar-refractivity contribution in [1.29, 1.82) is 0 Å².